The molecule has 1 aromatic rings. The van der Waals surface area contributed by atoms with Crippen molar-refractivity contribution in [1.29, 1.82) is 0 Å². The number of ether oxygens (including phenoxy) is 1. The van der Waals surface area contributed by atoms with Crippen LogP contribution in [0.5, 0.6) is 5.75 Å². The molecule has 0 saturated carbocycles. The zero-order valence-electron chi connectivity index (χ0n) is 6.46. The second-order valence-electron chi connectivity index (χ2n) is 2.84. The van der Waals surface area contributed by atoms with Gasteiger partial charge in [0.1, 0.15) is 5.75 Å². The Hall–Kier alpha value is -0.730. The molecule has 0 radical (unpaired) electrons. The zero-order chi connectivity index (χ0) is 8.55. The summed E-state index contributed by atoms with van der Waals surface area (Å²) in [6, 6.07) is 5.30. The van der Waals surface area contributed by atoms with Gasteiger partial charge in [0, 0.05) is 17.0 Å². The SMILES string of the molecule is OC1CCOc2ccc(Cl)cc21. The molecule has 1 unspecified atom stereocenters. The van der Waals surface area contributed by atoms with Crippen molar-refractivity contribution in [3.8, 4) is 5.75 Å². The van der Waals surface area contributed by atoms with Gasteiger partial charge in [-0.25, -0.2) is 0 Å². The van der Waals surface area contributed by atoms with Crippen LogP contribution in [0.1, 0.15) is 18.1 Å². The van der Waals surface area contributed by atoms with Crippen LogP contribution < -0.4 is 4.74 Å². The van der Waals surface area contributed by atoms with E-state index in [1.807, 2.05) is 0 Å². The predicted octanol–water partition coefficient (Wildman–Crippen LogP) is 2.16. The quantitative estimate of drug-likeness (QED) is 0.670. The molecule has 2 nitrogen and oxygen atoms in total. The Bertz CT molecular complexity index is 299. The number of benzene rings is 1. The summed E-state index contributed by atoms with van der Waals surface area (Å²) in [6.07, 6.45) is 0.223. The molecule has 0 aliphatic carbocycles. The third kappa shape index (κ3) is 1.28. The molecule has 12 heavy (non-hydrogen) atoms. The molecule has 1 atom stereocenters. The Morgan fingerprint density at radius 3 is 3.17 bits per heavy atom. The van der Waals surface area contributed by atoms with Crippen LogP contribution in [0.25, 0.3) is 0 Å². The molecule has 1 aliphatic rings. The predicted molar refractivity (Wildman–Crippen MR) is 46.5 cm³/mol. The summed E-state index contributed by atoms with van der Waals surface area (Å²) in [7, 11) is 0. The molecule has 0 aromatic heterocycles. The van der Waals surface area contributed by atoms with Gasteiger partial charge in [0.05, 0.1) is 12.7 Å². The van der Waals surface area contributed by atoms with E-state index in [0.29, 0.717) is 18.1 Å². The Labute approximate surface area is 75.7 Å². The Kier molecular flexibility index (Phi) is 1.95. The van der Waals surface area contributed by atoms with E-state index in [0.717, 1.165) is 11.3 Å². The van der Waals surface area contributed by atoms with Gasteiger partial charge in [0.25, 0.3) is 0 Å². The lowest BCUT2D eigenvalue weighted by molar-refractivity contribution is 0.115. The molecular weight excluding hydrogens is 176 g/mol. The first kappa shape index (κ1) is 7.90. The van der Waals surface area contributed by atoms with Crippen LogP contribution in [-0.2, 0) is 0 Å². The maximum atomic E-state index is 9.55. The minimum Gasteiger partial charge on any atom is -0.493 e. The summed E-state index contributed by atoms with van der Waals surface area (Å²) in [4.78, 5) is 0. The molecule has 0 saturated heterocycles. The molecule has 0 amide bonds. The van der Waals surface area contributed by atoms with Gasteiger partial charge >= 0.3 is 0 Å². The van der Waals surface area contributed by atoms with Crippen LogP contribution >= 0.6 is 11.6 Å². The monoisotopic (exact) mass is 184 g/mol. The largest absolute Gasteiger partial charge is 0.493 e. The Morgan fingerprint density at radius 2 is 2.33 bits per heavy atom. The standard InChI is InChI=1S/C9H9ClO2/c10-6-1-2-9-7(5-6)8(11)3-4-12-9/h1-2,5,8,11H,3-4H2. The number of hydrogen-bond donors (Lipinski definition) is 1. The van der Waals surface area contributed by atoms with Gasteiger partial charge in [-0.15, -0.1) is 0 Å². The third-order valence-corrected chi connectivity index (χ3v) is 2.21. The van der Waals surface area contributed by atoms with Crippen LogP contribution in [0.15, 0.2) is 18.2 Å². The van der Waals surface area contributed by atoms with Crippen LogP contribution in [0.3, 0.4) is 0 Å². The van der Waals surface area contributed by atoms with E-state index in [1.165, 1.54) is 0 Å². The minimum absolute atomic E-state index is 0.424. The summed E-state index contributed by atoms with van der Waals surface area (Å²) in [5, 5.41) is 10.2. The molecule has 2 rings (SSSR count). The lowest BCUT2D eigenvalue weighted by atomic mass is 10.0. The Morgan fingerprint density at radius 1 is 1.50 bits per heavy atom. The maximum absolute atomic E-state index is 9.55. The number of aliphatic hydroxyl groups is 1. The number of rotatable bonds is 0. The average molecular weight is 185 g/mol. The molecule has 1 heterocycles. The van der Waals surface area contributed by atoms with E-state index in [9.17, 15) is 5.11 Å². The normalized spacial score (nSPS) is 21.3. The number of fused-ring (bicyclic) bond motifs is 1. The van der Waals surface area contributed by atoms with Crippen molar-refractivity contribution in [3.63, 3.8) is 0 Å². The van der Waals surface area contributed by atoms with Gasteiger partial charge in [0.2, 0.25) is 0 Å². The van der Waals surface area contributed by atoms with Crippen LogP contribution in [-0.4, -0.2) is 11.7 Å². The molecule has 64 valence electrons. The first-order valence-corrected chi connectivity index (χ1v) is 4.25. The van der Waals surface area contributed by atoms with Gasteiger partial charge in [-0.1, -0.05) is 11.6 Å². The molecule has 0 spiro atoms. The van der Waals surface area contributed by atoms with E-state index in [2.05, 4.69) is 0 Å². The topological polar surface area (TPSA) is 29.5 Å². The fourth-order valence-corrected chi connectivity index (χ4v) is 1.53. The molecule has 0 fully saturated rings. The van der Waals surface area contributed by atoms with E-state index in [4.69, 9.17) is 16.3 Å². The number of hydrogen-bond acceptors (Lipinski definition) is 2. The van der Waals surface area contributed by atoms with Crippen LogP contribution in [0.2, 0.25) is 5.02 Å². The molecule has 1 aliphatic heterocycles. The third-order valence-electron chi connectivity index (χ3n) is 1.98. The summed E-state index contributed by atoms with van der Waals surface area (Å²) in [5.74, 6) is 0.748. The highest BCUT2D eigenvalue weighted by Gasteiger charge is 2.18. The van der Waals surface area contributed by atoms with E-state index in [1.54, 1.807) is 18.2 Å². The zero-order valence-corrected chi connectivity index (χ0v) is 7.21. The molecule has 3 heteroatoms. The molecule has 1 aromatic carbocycles. The number of aliphatic hydroxyl groups excluding tert-OH is 1. The molecule has 1 N–H and O–H groups in total. The van der Waals surface area contributed by atoms with Crippen LogP contribution in [0.4, 0.5) is 0 Å². The maximum Gasteiger partial charge on any atom is 0.125 e. The van der Waals surface area contributed by atoms with Crippen molar-refractivity contribution in [1.82, 2.24) is 0 Å². The highest BCUT2D eigenvalue weighted by molar-refractivity contribution is 6.30. The van der Waals surface area contributed by atoms with Crippen molar-refractivity contribution < 1.29 is 9.84 Å². The van der Waals surface area contributed by atoms with E-state index in [-0.39, 0.29) is 0 Å². The molecular formula is C9H9ClO2. The van der Waals surface area contributed by atoms with Gasteiger partial charge < -0.3 is 9.84 Å². The lowest BCUT2D eigenvalue weighted by Crippen LogP contribution is -2.13. The fourth-order valence-electron chi connectivity index (χ4n) is 1.35. The van der Waals surface area contributed by atoms with Gasteiger partial charge in [-0.3, -0.25) is 0 Å². The van der Waals surface area contributed by atoms with Crippen molar-refractivity contribution in [2.24, 2.45) is 0 Å². The van der Waals surface area contributed by atoms with Crippen molar-refractivity contribution in [2.45, 2.75) is 12.5 Å². The van der Waals surface area contributed by atoms with E-state index >= 15 is 0 Å². The average Bonchev–Trinajstić information content (AvgIpc) is 2.07. The summed E-state index contributed by atoms with van der Waals surface area (Å²) in [5.41, 5.74) is 0.800. The molecule has 0 bridgehead atoms. The second kappa shape index (κ2) is 2.96. The second-order valence-corrected chi connectivity index (χ2v) is 3.27. The van der Waals surface area contributed by atoms with Gasteiger partial charge in [-0.2, -0.15) is 0 Å². The van der Waals surface area contributed by atoms with Crippen LogP contribution in [0, 0.1) is 0 Å². The van der Waals surface area contributed by atoms with E-state index < -0.39 is 6.10 Å². The van der Waals surface area contributed by atoms with Crippen molar-refractivity contribution >= 4 is 11.6 Å². The summed E-state index contributed by atoms with van der Waals surface area (Å²) in [6.45, 7) is 0.579. The first-order valence-electron chi connectivity index (χ1n) is 3.87. The smallest absolute Gasteiger partial charge is 0.125 e. The lowest BCUT2D eigenvalue weighted by Gasteiger charge is -2.21. The number of halogens is 1. The van der Waals surface area contributed by atoms with Gasteiger partial charge in [-0.05, 0) is 18.2 Å². The van der Waals surface area contributed by atoms with Gasteiger partial charge in [0.15, 0.2) is 0 Å². The summed E-state index contributed by atoms with van der Waals surface area (Å²) < 4.78 is 5.33. The fraction of sp³-hybridized carbons (Fsp3) is 0.333. The van der Waals surface area contributed by atoms with Crippen molar-refractivity contribution in [2.75, 3.05) is 6.61 Å². The van der Waals surface area contributed by atoms with Crippen molar-refractivity contribution in [3.05, 3.63) is 28.8 Å². The highest BCUT2D eigenvalue weighted by Crippen LogP contribution is 2.33. The summed E-state index contributed by atoms with van der Waals surface area (Å²) >= 11 is 5.78. The minimum atomic E-state index is -0.424. The highest BCUT2D eigenvalue weighted by atomic mass is 35.5. The first-order chi connectivity index (χ1) is 5.77. The Balaban J connectivity index is 2.47.